The van der Waals surface area contributed by atoms with Gasteiger partial charge in [-0.2, -0.15) is 0 Å². The second kappa shape index (κ2) is 10.5. The molecule has 3 rings (SSSR count). The lowest BCUT2D eigenvalue weighted by molar-refractivity contribution is -0.142. The highest BCUT2D eigenvalue weighted by atomic mass is 127. The molecule has 3 aliphatic heterocycles. The van der Waals surface area contributed by atoms with E-state index in [0.717, 1.165) is 84.2 Å². The molecule has 0 aliphatic carbocycles. The number of carbonyl (C=O) groups excluding carboxylic acids is 1. The standard InChI is InChI=1S/C17H30N4O3.HI/c1-18-17(19-13-14-4-11-23-12-5-14)21-8-6-20(7-9-21)16(22)15-3-2-10-24-15;/h14-15H,2-13H2,1H3,(H,18,19);1H. The molecule has 7 nitrogen and oxygen atoms in total. The molecule has 0 bridgehead atoms. The van der Waals surface area contributed by atoms with E-state index in [1.807, 2.05) is 11.9 Å². The molecule has 3 heterocycles. The van der Waals surface area contributed by atoms with Crippen molar-refractivity contribution in [2.45, 2.75) is 31.8 Å². The van der Waals surface area contributed by atoms with Crippen molar-refractivity contribution in [3.8, 4) is 0 Å². The lowest BCUT2D eigenvalue weighted by Gasteiger charge is -2.37. The number of rotatable bonds is 3. The lowest BCUT2D eigenvalue weighted by atomic mass is 10.0. The number of aliphatic imine (C=N–C) groups is 1. The number of hydrogen-bond acceptors (Lipinski definition) is 4. The van der Waals surface area contributed by atoms with E-state index in [-0.39, 0.29) is 36.0 Å². The van der Waals surface area contributed by atoms with Crippen molar-refractivity contribution in [1.29, 1.82) is 0 Å². The summed E-state index contributed by atoms with van der Waals surface area (Å²) >= 11 is 0. The van der Waals surface area contributed by atoms with Gasteiger partial charge in [-0.25, -0.2) is 0 Å². The van der Waals surface area contributed by atoms with Crippen LogP contribution in [0.4, 0.5) is 0 Å². The minimum atomic E-state index is -0.206. The zero-order chi connectivity index (χ0) is 16.8. The molecule has 25 heavy (non-hydrogen) atoms. The summed E-state index contributed by atoms with van der Waals surface area (Å²) in [6.07, 6.45) is 3.90. The molecule has 3 saturated heterocycles. The first-order chi connectivity index (χ1) is 11.8. The van der Waals surface area contributed by atoms with Crippen LogP contribution in [0.1, 0.15) is 25.7 Å². The number of piperazine rings is 1. The maximum absolute atomic E-state index is 12.4. The Kier molecular flexibility index (Phi) is 8.71. The summed E-state index contributed by atoms with van der Waals surface area (Å²) in [6.45, 7) is 6.55. The molecule has 144 valence electrons. The number of hydrogen-bond donors (Lipinski definition) is 1. The van der Waals surface area contributed by atoms with E-state index in [1.54, 1.807) is 0 Å². The van der Waals surface area contributed by atoms with Gasteiger partial charge >= 0.3 is 0 Å². The van der Waals surface area contributed by atoms with E-state index in [1.165, 1.54) is 0 Å². The molecule has 0 aromatic carbocycles. The molecule has 0 spiro atoms. The summed E-state index contributed by atoms with van der Waals surface area (Å²) in [6, 6.07) is 0. The normalized spacial score (nSPS) is 25.6. The van der Waals surface area contributed by atoms with Gasteiger partial charge in [-0.3, -0.25) is 9.79 Å². The molecule has 0 aromatic rings. The third-order valence-electron chi connectivity index (χ3n) is 5.20. The van der Waals surface area contributed by atoms with Gasteiger partial charge in [-0.15, -0.1) is 24.0 Å². The first-order valence-electron chi connectivity index (χ1n) is 9.21. The summed E-state index contributed by atoms with van der Waals surface area (Å²) in [5.74, 6) is 1.78. The molecule has 3 aliphatic rings. The molecule has 0 radical (unpaired) electrons. The largest absolute Gasteiger partial charge is 0.381 e. The molecule has 1 unspecified atom stereocenters. The van der Waals surface area contributed by atoms with Crippen LogP contribution in [0.3, 0.4) is 0 Å². The van der Waals surface area contributed by atoms with Gasteiger partial charge in [0.05, 0.1) is 0 Å². The number of guanidine groups is 1. The van der Waals surface area contributed by atoms with Crippen LogP contribution >= 0.6 is 24.0 Å². The first kappa shape index (κ1) is 20.7. The second-order valence-electron chi connectivity index (χ2n) is 6.80. The molecule has 3 fully saturated rings. The third kappa shape index (κ3) is 5.68. The Morgan fingerprint density at radius 3 is 2.36 bits per heavy atom. The van der Waals surface area contributed by atoms with Gasteiger partial charge in [0.25, 0.3) is 5.91 Å². The van der Waals surface area contributed by atoms with Crippen molar-refractivity contribution in [2.24, 2.45) is 10.9 Å². The van der Waals surface area contributed by atoms with Crippen LogP contribution in [-0.2, 0) is 14.3 Å². The van der Waals surface area contributed by atoms with Gasteiger partial charge in [-0.1, -0.05) is 0 Å². The van der Waals surface area contributed by atoms with E-state index in [0.29, 0.717) is 5.92 Å². The van der Waals surface area contributed by atoms with Crippen LogP contribution < -0.4 is 5.32 Å². The van der Waals surface area contributed by atoms with Crippen LogP contribution in [0.5, 0.6) is 0 Å². The maximum atomic E-state index is 12.4. The predicted molar refractivity (Wildman–Crippen MR) is 107 cm³/mol. The van der Waals surface area contributed by atoms with E-state index >= 15 is 0 Å². The molecule has 1 atom stereocenters. The number of amides is 1. The molecular weight excluding hydrogens is 435 g/mol. The van der Waals surface area contributed by atoms with Crippen LogP contribution in [0.25, 0.3) is 0 Å². The van der Waals surface area contributed by atoms with Crippen molar-refractivity contribution < 1.29 is 14.3 Å². The number of carbonyl (C=O) groups is 1. The monoisotopic (exact) mass is 466 g/mol. The zero-order valence-corrected chi connectivity index (χ0v) is 17.4. The van der Waals surface area contributed by atoms with E-state index in [9.17, 15) is 4.79 Å². The number of nitrogens with zero attached hydrogens (tertiary/aromatic N) is 3. The van der Waals surface area contributed by atoms with Crippen molar-refractivity contribution in [3.63, 3.8) is 0 Å². The summed E-state index contributed by atoms with van der Waals surface area (Å²) < 4.78 is 10.9. The molecule has 8 heteroatoms. The highest BCUT2D eigenvalue weighted by Gasteiger charge is 2.31. The maximum Gasteiger partial charge on any atom is 0.251 e. The Hall–Kier alpha value is -0.610. The fourth-order valence-electron chi connectivity index (χ4n) is 3.63. The van der Waals surface area contributed by atoms with Crippen LogP contribution in [0, 0.1) is 5.92 Å². The zero-order valence-electron chi connectivity index (χ0n) is 15.1. The van der Waals surface area contributed by atoms with Crippen LogP contribution in [0.15, 0.2) is 4.99 Å². The fourth-order valence-corrected chi connectivity index (χ4v) is 3.63. The predicted octanol–water partition coefficient (Wildman–Crippen LogP) is 0.930. The lowest BCUT2D eigenvalue weighted by Crippen LogP contribution is -2.55. The van der Waals surface area contributed by atoms with Crippen LogP contribution in [-0.4, -0.2) is 87.4 Å². The Bertz CT molecular complexity index is 443. The van der Waals surface area contributed by atoms with E-state index < -0.39 is 0 Å². The summed E-state index contributed by atoms with van der Waals surface area (Å²) in [4.78, 5) is 21.0. The molecule has 1 amide bonds. The minimum absolute atomic E-state index is 0. The van der Waals surface area contributed by atoms with Crippen molar-refractivity contribution in [3.05, 3.63) is 0 Å². The van der Waals surface area contributed by atoms with Gasteiger partial charge in [0.2, 0.25) is 0 Å². The van der Waals surface area contributed by atoms with E-state index in [2.05, 4.69) is 15.2 Å². The Balaban J connectivity index is 0.00000225. The molecule has 0 aromatic heterocycles. The van der Waals surface area contributed by atoms with Gasteiger partial charge < -0.3 is 24.6 Å². The van der Waals surface area contributed by atoms with Crippen LogP contribution in [0.2, 0.25) is 0 Å². The second-order valence-corrected chi connectivity index (χ2v) is 6.80. The first-order valence-corrected chi connectivity index (χ1v) is 9.21. The summed E-state index contributed by atoms with van der Waals surface area (Å²) in [5, 5.41) is 3.50. The SMILES string of the molecule is CN=C(NCC1CCOCC1)N1CCN(C(=O)C2CCCO2)CC1.I. The quantitative estimate of drug-likeness (QED) is 0.381. The summed E-state index contributed by atoms with van der Waals surface area (Å²) in [5.41, 5.74) is 0. The summed E-state index contributed by atoms with van der Waals surface area (Å²) in [7, 11) is 1.83. The molecule has 0 saturated carbocycles. The average Bonchev–Trinajstić information content (AvgIpc) is 3.18. The number of halogens is 1. The highest BCUT2D eigenvalue weighted by molar-refractivity contribution is 14.0. The Morgan fingerprint density at radius 1 is 1.08 bits per heavy atom. The van der Waals surface area contributed by atoms with Gasteiger partial charge in [-0.05, 0) is 31.6 Å². The fraction of sp³-hybridized carbons (Fsp3) is 0.882. The molecular formula is C17H31IN4O3. The van der Waals surface area contributed by atoms with Crippen molar-refractivity contribution in [2.75, 3.05) is 59.6 Å². The van der Waals surface area contributed by atoms with Gasteiger partial charge in [0.1, 0.15) is 6.10 Å². The van der Waals surface area contributed by atoms with E-state index in [4.69, 9.17) is 9.47 Å². The van der Waals surface area contributed by atoms with Crippen molar-refractivity contribution in [1.82, 2.24) is 15.1 Å². The third-order valence-corrected chi connectivity index (χ3v) is 5.20. The number of ether oxygens (including phenoxy) is 2. The Morgan fingerprint density at radius 2 is 1.76 bits per heavy atom. The van der Waals surface area contributed by atoms with Gasteiger partial charge in [0.15, 0.2) is 5.96 Å². The smallest absolute Gasteiger partial charge is 0.251 e. The minimum Gasteiger partial charge on any atom is -0.381 e. The number of nitrogens with one attached hydrogen (secondary N) is 1. The average molecular weight is 466 g/mol. The van der Waals surface area contributed by atoms with Gasteiger partial charge in [0, 0.05) is 59.6 Å². The topological polar surface area (TPSA) is 66.4 Å². The highest BCUT2D eigenvalue weighted by Crippen LogP contribution is 2.16. The Labute approximate surface area is 167 Å². The van der Waals surface area contributed by atoms with Crippen molar-refractivity contribution >= 4 is 35.8 Å². The molecule has 1 N–H and O–H groups in total.